The first kappa shape index (κ1) is 47.2. The lowest BCUT2D eigenvalue weighted by atomic mass is 9.99. The van der Waals surface area contributed by atoms with Crippen molar-refractivity contribution in [3.63, 3.8) is 0 Å². The standard InChI is InChI=1S/C43H58N8O8/c1-28(2)22-34(42(58)50-35(24-30-16-8-4-9-17-30)40(56)47-26-37(52)46-27-38(53)54)49-43(59)36(25-31-18-10-5-11-19-31)51-41(57)33(20-12-13-21-44)48-39(55)32(45)23-29-14-6-3-7-15-29/h3-11,14-19,28,32-36H,12-13,20-27,44-45H2,1-2H3,(H,46,52)(H,47,56)(H,48,55)(H,49,59)(H,50,58)(H,51,57)(H,53,54)/t32-,33-,34-,35-,36-/m0/s1. The molecular weight excluding hydrogens is 757 g/mol. The number of carboxylic acid groups (broad SMARTS) is 1. The van der Waals surface area contributed by atoms with Crippen molar-refractivity contribution in [2.24, 2.45) is 17.4 Å². The van der Waals surface area contributed by atoms with E-state index in [1.165, 1.54) is 0 Å². The Hall–Kier alpha value is -6.13. The Morgan fingerprint density at radius 1 is 0.542 bits per heavy atom. The first-order valence-electron chi connectivity index (χ1n) is 19.8. The summed E-state index contributed by atoms with van der Waals surface area (Å²) in [5.74, 6) is -5.30. The average Bonchev–Trinajstić information content (AvgIpc) is 3.21. The van der Waals surface area contributed by atoms with Crippen LogP contribution in [0.4, 0.5) is 0 Å². The molecule has 0 saturated carbocycles. The molecule has 0 aliphatic carbocycles. The average molecular weight is 815 g/mol. The van der Waals surface area contributed by atoms with Crippen LogP contribution < -0.4 is 43.4 Å². The number of hydrogen-bond donors (Lipinski definition) is 9. The minimum absolute atomic E-state index is 0.0382. The predicted octanol–water partition coefficient (Wildman–Crippen LogP) is 0.473. The third kappa shape index (κ3) is 17.9. The summed E-state index contributed by atoms with van der Waals surface area (Å²) in [4.78, 5) is 91.8. The normalized spacial score (nSPS) is 13.4. The van der Waals surface area contributed by atoms with E-state index in [-0.39, 0.29) is 38.0 Å². The van der Waals surface area contributed by atoms with Gasteiger partial charge in [0, 0.05) is 12.8 Å². The fourth-order valence-corrected chi connectivity index (χ4v) is 6.17. The fraction of sp³-hybridized carbons (Fsp3) is 0.419. The van der Waals surface area contributed by atoms with Crippen LogP contribution in [0.5, 0.6) is 0 Å². The molecule has 5 atom stereocenters. The topological polar surface area (TPSA) is 264 Å². The lowest BCUT2D eigenvalue weighted by Crippen LogP contribution is -2.59. The quantitative estimate of drug-likeness (QED) is 0.0534. The monoisotopic (exact) mass is 814 g/mol. The van der Waals surface area contributed by atoms with Gasteiger partial charge in [0.2, 0.25) is 35.4 Å². The molecule has 6 amide bonds. The second kappa shape index (κ2) is 25.3. The van der Waals surface area contributed by atoms with Gasteiger partial charge in [-0.25, -0.2) is 0 Å². The minimum Gasteiger partial charge on any atom is -0.480 e. The maximum Gasteiger partial charge on any atom is 0.322 e. The number of nitrogens with one attached hydrogen (secondary N) is 6. The summed E-state index contributed by atoms with van der Waals surface area (Å²) in [6.45, 7) is 2.93. The molecule has 0 aliphatic heterocycles. The maximum atomic E-state index is 14.2. The van der Waals surface area contributed by atoms with Crippen molar-refractivity contribution in [1.82, 2.24) is 31.9 Å². The number of carboxylic acids is 1. The fourth-order valence-electron chi connectivity index (χ4n) is 6.17. The van der Waals surface area contributed by atoms with Crippen molar-refractivity contribution >= 4 is 41.4 Å². The van der Waals surface area contributed by atoms with E-state index in [0.29, 0.717) is 24.9 Å². The molecule has 0 saturated heterocycles. The molecule has 0 heterocycles. The van der Waals surface area contributed by atoms with Crippen LogP contribution >= 0.6 is 0 Å². The molecule has 0 unspecified atom stereocenters. The van der Waals surface area contributed by atoms with Gasteiger partial charge in [-0.15, -0.1) is 0 Å². The van der Waals surface area contributed by atoms with E-state index in [1.807, 2.05) is 50.2 Å². The molecular formula is C43H58N8O8. The summed E-state index contributed by atoms with van der Waals surface area (Å²) >= 11 is 0. The molecule has 16 heteroatoms. The van der Waals surface area contributed by atoms with Crippen LogP contribution in [0.15, 0.2) is 91.0 Å². The van der Waals surface area contributed by atoms with Crippen LogP contribution in [-0.2, 0) is 52.8 Å². The molecule has 3 rings (SSSR count). The number of carbonyl (C=O) groups excluding carboxylic acids is 6. The predicted molar refractivity (Wildman–Crippen MR) is 222 cm³/mol. The molecule has 3 aromatic carbocycles. The van der Waals surface area contributed by atoms with Gasteiger partial charge in [0.1, 0.15) is 30.7 Å². The Balaban J connectivity index is 1.83. The summed E-state index contributed by atoms with van der Waals surface area (Å²) in [5.41, 5.74) is 14.2. The summed E-state index contributed by atoms with van der Waals surface area (Å²) in [6.07, 6.45) is 1.84. The van der Waals surface area contributed by atoms with Crippen LogP contribution in [0.1, 0.15) is 56.2 Å². The Kier molecular flexibility index (Phi) is 20.2. The van der Waals surface area contributed by atoms with Gasteiger partial charge in [0.25, 0.3) is 0 Å². The highest BCUT2D eigenvalue weighted by Crippen LogP contribution is 2.12. The van der Waals surface area contributed by atoms with Crippen molar-refractivity contribution in [3.8, 4) is 0 Å². The lowest BCUT2D eigenvalue weighted by molar-refractivity contribution is -0.138. The zero-order valence-electron chi connectivity index (χ0n) is 33.7. The van der Waals surface area contributed by atoms with E-state index in [4.69, 9.17) is 16.6 Å². The van der Waals surface area contributed by atoms with E-state index in [0.717, 1.165) is 11.1 Å². The van der Waals surface area contributed by atoms with Gasteiger partial charge in [-0.1, -0.05) is 105 Å². The van der Waals surface area contributed by atoms with Crippen molar-refractivity contribution in [3.05, 3.63) is 108 Å². The van der Waals surface area contributed by atoms with E-state index < -0.39 is 84.7 Å². The molecule has 0 radical (unpaired) electrons. The van der Waals surface area contributed by atoms with Crippen molar-refractivity contribution in [2.45, 2.75) is 89.0 Å². The SMILES string of the molecule is CC(C)C[C@H](NC(=O)[C@H](Cc1ccccc1)NC(=O)[C@H](CCCCN)NC(=O)[C@@H](N)Cc1ccccc1)C(=O)N[C@@H](Cc1ccccc1)C(=O)NCC(=O)NCC(=O)O. The van der Waals surface area contributed by atoms with Gasteiger partial charge in [0.15, 0.2) is 0 Å². The lowest BCUT2D eigenvalue weighted by Gasteiger charge is -2.28. The number of carbonyl (C=O) groups is 7. The summed E-state index contributed by atoms with van der Waals surface area (Å²) in [5, 5.41) is 24.6. The number of hydrogen-bond acceptors (Lipinski definition) is 9. The van der Waals surface area contributed by atoms with Crippen LogP contribution in [0.3, 0.4) is 0 Å². The highest BCUT2D eigenvalue weighted by Gasteiger charge is 2.32. The molecule has 59 heavy (non-hydrogen) atoms. The van der Waals surface area contributed by atoms with Gasteiger partial charge >= 0.3 is 5.97 Å². The first-order valence-corrected chi connectivity index (χ1v) is 19.8. The second-order valence-electron chi connectivity index (χ2n) is 14.7. The van der Waals surface area contributed by atoms with E-state index in [9.17, 15) is 33.6 Å². The highest BCUT2D eigenvalue weighted by atomic mass is 16.4. The molecule has 0 aromatic heterocycles. The molecule has 0 bridgehead atoms. The molecule has 3 aromatic rings. The van der Waals surface area contributed by atoms with Crippen LogP contribution in [0.2, 0.25) is 0 Å². The zero-order chi connectivity index (χ0) is 43.2. The molecule has 16 nitrogen and oxygen atoms in total. The Bertz CT molecular complexity index is 1810. The number of unbranched alkanes of at least 4 members (excludes halogenated alkanes) is 1. The zero-order valence-corrected chi connectivity index (χ0v) is 33.7. The van der Waals surface area contributed by atoms with Gasteiger partial charge in [0.05, 0.1) is 12.6 Å². The van der Waals surface area contributed by atoms with Crippen LogP contribution in [-0.4, -0.2) is 96.4 Å². The number of amides is 6. The van der Waals surface area contributed by atoms with Gasteiger partial charge in [-0.2, -0.15) is 0 Å². The number of aliphatic carboxylic acids is 1. The molecule has 0 spiro atoms. The minimum atomic E-state index is -1.25. The molecule has 0 aliphatic rings. The smallest absolute Gasteiger partial charge is 0.322 e. The molecule has 0 fully saturated rings. The Morgan fingerprint density at radius 3 is 1.47 bits per heavy atom. The van der Waals surface area contributed by atoms with Gasteiger partial charge in [-0.3, -0.25) is 33.6 Å². The van der Waals surface area contributed by atoms with Gasteiger partial charge < -0.3 is 48.5 Å². The molecule has 318 valence electrons. The Labute approximate surface area is 345 Å². The third-order valence-corrected chi connectivity index (χ3v) is 9.25. The van der Waals surface area contributed by atoms with Crippen molar-refractivity contribution in [2.75, 3.05) is 19.6 Å². The van der Waals surface area contributed by atoms with Crippen molar-refractivity contribution < 1.29 is 38.7 Å². The highest BCUT2D eigenvalue weighted by molar-refractivity contribution is 5.96. The summed E-state index contributed by atoms with van der Waals surface area (Å²) in [6, 6.07) is 21.6. The Morgan fingerprint density at radius 2 is 0.983 bits per heavy atom. The van der Waals surface area contributed by atoms with Crippen LogP contribution in [0.25, 0.3) is 0 Å². The van der Waals surface area contributed by atoms with Gasteiger partial charge in [-0.05, 0) is 61.3 Å². The van der Waals surface area contributed by atoms with Crippen LogP contribution in [0, 0.1) is 5.92 Å². The largest absolute Gasteiger partial charge is 0.480 e. The summed E-state index contributed by atoms with van der Waals surface area (Å²) in [7, 11) is 0. The van der Waals surface area contributed by atoms with E-state index >= 15 is 0 Å². The number of benzene rings is 3. The van der Waals surface area contributed by atoms with E-state index in [2.05, 4.69) is 31.9 Å². The van der Waals surface area contributed by atoms with Crippen molar-refractivity contribution in [1.29, 1.82) is 0 Å². The third-order valence-electron chi connectivity index (χ3n) is 9.25. The maximum absolute atomic E-state index is 14.2. The second-order valence-corrected chi connectivity index (χ2v) is 14.7. The van der Waals surface area contributed by atoms with E-state index in [1.54, 1.807) is 54.6 Å². The number of nitrogens with two attached hydrogens (primary N) is 2. The summed E-state index contributed by atoms with van der Waals surface area (Å²) < 4.78 is 0. The first-order chi connectivity index (χ1) is 28.2. The number of rotatable bonds is 25. The molecule has 11 N–H and O–H groups in total.